The van der Waals surface area contributed by atoms with Gasteiger partial charge in [-0.15, -0.1) is 0 Å². The number of carbonyl (C=O) groups is 1. The van der Waals surface area contributed by atoms with E-state index in [1.807, 2.05) is 0 Å². The summed E-state index contributed by atoms with van der Waals surface area (Å²) in [6.45, 7) is 0. The lowest BCUT2D eigenvalue weighted by Crippen LogP contribution is -2.29. The fourth-order valence-corrected chi connectivity index (χ4v) is 3.45. The first kappa shape index (κ1) is 15.7. The molecule has 1 atom stereocenters. The zero-order chi connectivity index (χ0) is 15.6. The standard InChI is InChI=1S/C13H16FNO5S/c1-20-12(8-2-3-8)7-21(18,19)15-11-5-4-9(13(16)17)6-10(11)14/h4-6,8,12,15H,2-3,7H2,1H3,(H,16,17). The number of methoxy groups -OCH3 is 1. The van der Waals surface area contributed by atoms with E-state index in [-0.39, 0.29) is 22.9 Å². The van der Waals surface area contributed by atoms with E-state index in [9.17, 15) is 17.6 Å². The van der Waals surface area contributed by atoms with Gasteiger partial charge in [0.25, 0.3) is 0 Å². The van der Waals surface area contributed by atoms with Crippen LogP contribution < -0.4 is 4.72 Å². The van der Waals surface area contributed by atoms with Gasteiger partial charge in [0.2, 0.25) is 10.0 Å². The van der Waals surface area contributed by atoms with Crippen molar-refractivity contribution in [1.82, 2.24) is 0 Å². The summed E-state index contributed by atoms with van der Waals surface area (Å²) in [5.74, 6) is -2.24. The molecule has 0 aromatic heterocycles. The van der Waals surface area contributed by atoms with Crippen LogP contribution in [-0.4, -0.2) is 38.5 Å². The number of carboxylic acids is 1. The molecule has 0 aliphatic heterocycles. The van der Waals surface area contributed by atoms with Gasteiger partial charge in [0, 0.05) is 7.11 Å². The van der Waals surface area contributed by atoms with Gasteiger partial charge in [-0.3, -0.25) is 4.72 Å². The number of nitrogens with one attached hydrogen (secondary N) is 1. The van der Waals surface area contributed by atoms with E-state index in [2.05, 4.69) is 4.72 Å². The molecule has 1 saturated carbocycles. The summed E-state index contributed by atoms with van der Waals surface area (Å²) in [6.07, 6.45) is 1.44. The number of hydrogen-bond acceptors (Lipinski definition) is 4. The van der Waals surface area contributed by atoms with Crippen LogP contribution in [0.1, 0.15) is 23.2 Å². The maximum atomic E-state index is 13.7. The predicted octanol–water partition coefficient (Wildman–Crippen LogP) is 1.69. The summed E-state index contributed by atoms with van der Waals surface area (Å²) in [5.41, 5.74) is -0.520. The van der Waals surface area contributed by atoms with Crippen LogP contribution in [0.5, 0.6) is 0 Å². The van der Waals surface area contributed by atoms with Crippen molar-refractivity contribution in [3.63, 3.8) is 0 Å². The van der Waals surface area contributed by atoms with Crippen molar-refractivity contribution < 1.29 is 27.4 Å². The van der Waals surface area contributed by atoms with E-state index < -0.39 is 27.9 Å². The smallest absolute Gasteiger partial charge is 0.335 e. The van der Waals surface area contributed by atoms with Gasteiger partial charge in [-0.05, 0) is 37.0 Å². The summed E-state index contributed by atoms with van der Waals surface area (Å²) in [6, 6.07) is 3.00. The highest BCUT2D eigenvalue weighted by molar-refractivity contribution is 7.92. The monoisotopic (exact) mass is 317 g/mol. The average Bonchev–Trinajstić information content (AvgIpc) is 3.22. The number of rotatable bonds is 7. The summed E-state index contributed by atoms with van der Waals surface area (Å²) in [7, 11) is -2.32. The molecule has 2 N–H and O–H groups in total. The molecule has 1 fully saturated rings. The molecule has 2 rings (SSSR count). The van der Waals surface area contributed by atoms with Gasteiger partial charge in [-0.25, -0.2) is 17.6 Å². The highest BCUT2D eigenvalue weighted by Crippen LogP contribution is 2.34. The Labute approximate surface area is 122 Å². The first-order valence-electron chi connectivity index (χ1n) is 6.38. The van der Waals surface area contributed by atoms with Gasteiger partial charge in [0.1, 0.15) is 5.82 Å². The number of ether oxygens (including phenoxy) is 1. The molecule has 1 unspecified atom stereocenters. The van der Waals surface area contributed by atoms with Gasteiger partial charge in [0.15, 0.2) is 0 Å². The van der Waals surface area contributed by atoms with E-state index in [1.165, 1.54) is 7.11 Å². The van der Waals surface area contributed by atoms with Crippen LogP contribution in [0.25, 0.3) is 0 Å². The molecule has 0 radical (unpaired) electrons. The third-order valence-electron chi connectivity index (χ3n) is 3.32. The second-order valence-corrected chi connectivity index (χ2v) is 6.76. The highest BCUT2D eigenvalue weighted by atomic mass is 32.2. The molecule has 0 bridgehead atoms. The van der Waals surface area contributed by atoms with Crippen molar-refractivity contribution in [2.24, 2.45) is 5.92 Å². The van der Waals surface area contributed by atoms with Crippen LogP contribution in [0, 0.1) is 11.7 Å². The Kier molecular flexibility index (Phi) is 4.48. The Morgan fingerprint density at radius 2 is 2.19 bits per heavy atom. The Morgan fingerprint density at radius 1 is 1.52 bits per heavy atom. The third kappa shape index (κ3) is 4.15. The minimum atomic E-state index is -3.77. The number of halogens is 1. The molecule has 0 amide bonds. The number of carboxylic acid groups (broad SMARTS) is 1. The van der Waals surface area contributed by atoms with E-state index in [0.29, 0.717) is 0 Å². The number of hydrogen-bond donors (Lipinski definition) is 2. The van der Waals surface area contributed by atoms with Crippen LogP contribution in [0.4, 0.5) is 10.1 Å². The zero-order valence-electron chi connectivity index (χ0n) is 11.4. The van der Waals surface area contributed by atoms with Gasteiger partial charge in [0.05, 0.1) is 23.1 Å². The minimum Gasteiger partial charge on any atom is -0.478 e. The van der Waals surface area contributed by atoms with E-state index in [0.717, 1.165) is 31.0 Å². The average molecular weight is 317 g/mol. The van der Waals surface area contributed by atoms with Crippen molar-refractivity contribution >= 4 is 21.7 Å². The normalized spacial score (nSPS) is 16.5. The van der Waals surface area contributed by atoms with E-state index in [4.69, 9.17) is 9.84 Å². The molecule has 8 heteroatoms. The van der Waals surface area contributed by atoms with Gasteiger partial charge < -0.3 is 9.84 Å². The molecule has 6 nitrogen and oxygen atoms in total. The Morgan fingerprint density at radius 3 is 2.67 bits per heavy atom. The molecule has 0 saturated heterocycles. The zero-order valence-corrected chi connectivity index (χ0v) is 12.2. The Hall–Kier alpha value is -1.67. The molecular weight excluding hydrogens is 301 g/mol. The summed E-state index contributed by atoms with van der Waals surface area (Å²) in [4.78, 5) is 10.7. The first-order valence-corrected chi connectivity index (χ1v) is 8.04. The Balaban J connectivity index is 2.10. The predicted molar refractivity (Wildman–Crippen MR) is 74.3 cm³/mol. The summed E-state index contributed by atoms with van der Waals surface area (Å²) < 4.78 is 45.0. The van der Waals surface area contributed by atoms with Crippen molar-refractivity contribution in [3.8, 4) is 0 Å². The lowest BCUT2D eigenvalue weighted by atomic mass is 10.2. The van der Waals surface area contributed by atoms with Crippen molar-refractivity contribution in [2.45, 2.75) is 18.9 Å². The number of benzene rings is 1. The number of sulfonamides is 1. The molecule has 1 aromatic carbocycles. The summed E-state index contributed by atoms with van der Waals surface area (Å²) in [5, 5.41) is 8.73. The van der Waals surface area contributed by atoms with Crippen molar-refractivity contribution in [1.29, 1.82) is 0 Å². The first-order chi connectivity index (χ1) is 9.82. The van der Waals surface area contributed by atoms with Gasteiger partial charge in [-0.1, -0.05) is 0 Å². The number of aromatic carboxylic acids is 1. The SMILES string of the molecule is COC(CS(=O)(=O)Nc1ccc(C(=O)O)cc1F)C1CC1. The largest absolute Gasteiger partial charge is 0.478 e. The van der Waals surface area contributed by atoms with Crippen LogP contribution in [0.3, 0.4) is 0 Å². The topological polar surface area (TPSA) is 92.7 Å². The van der Waals surface area contributed by atoms with E-state index >= 15 is 0 Å². The highest BCUT2D eigenvalue weighted by Gasteiger charge is 2.34. The fourth-order valence-electron chi connectivity index (χ4n) is 2.02. The molecule has 21 heavy (non-hydrogen) atoms. The van der Waals surface area contributed by atoms with Crippen molar-refractivity contribution in [2.75, 3.05) is 17.6 Å². The van der Waals surface area contributed by atoms with Crippen LogP contribution >= 0.6 is 0 Å². The number of anilines is 1. The minimum absolute atomic E-state index is 0.228. The second kappa shape index (κ2) is 5.98. The lowest BCUT2D eigenvalue weighted by molar-refractivity contribution is 0.0696. The molecule has 0 heterocycles. The fraction of sp³-hybridized carbons (Fsp3) is 0.462. The van der Waals surface area contributed by atoms with Crippen LogP contribution in [0.2, 0.25) is 0 Å². The molecule has 0 spiro atoms. The molecule has 116 valence electrons. The van der Waals surface area contributed by atoms with Gasteiger partial charge in [-0.2, -0.15) is 0 Å². The lowest BCUT2D eigenvalue weighted by Gasteiger charge is -2.16. The van der Waals surface area contributed by atoms with Gasteiger partial charge >= 0.3 is 5.97 Å². The molecule has 1 aromatic rings. The van der Waals surface area contributed by atoms with Crippen molar-refractivity contribution in [3.05, 3.63) is 29.6 Å². The second-order valence-electron chi connectivity index (χ2n) is 4.99. The quantitative estimate of drug-likeness (QED) is 0.798. The molecule has 1 aliphatic carbocycles. The molecule has 1 aliphatic rings. The summed E-state index contributed by atoms with van der Waals surface area (Å²) >= 11 is 0. The maximum absolute atomic E-state index is 13.7. The third-order valence-corrected chi connectivity index (χ3v) is 4.61. The molecular formula is C13H16FNO5S. The van der Waals surface area contributed by atoms with Crippen LogP contribution in [-0.2, 0) is 14.8 Å². The Bertz CT molecular complexity index is 642. The van der Waals surface area contributed by atoms with Crippen LogP contribution in [0.15, 0.2) is 18.2 Å². The van der Waals surface area contributed by atoms with E-state index in [1.54, 1.807) is 0 Å². The maximum Gasteiger partial charge on any atom is 0.335 e.